The number of nitrogens with zero attached hydrogens (tertiary/aromatic N) is 2. The van der Waals surface area contributed by atoms with E-state index in [-0.39, 0.29) is 17.3 Å². The number of aryl methyl sites for hydroxylation is 1. The molecule has 0 aliphatic rings. The molecule has 0 aliphatic carbocycles. The van der Waals surface area contributed by atoms with Gasteiger partial charge < -0.3 is 10.2 Å². The molecule has 3 aromatic carbocycles. The molecule has 2 amide bonds. The van der Waals surface area contributed by atoms with E-state index in [9.17, 15) is 18.0 Å². The highest BCUT2D eigenvalue weighted by Crippen LogP contribution is 2.27. The van der Waals surface area contributed by atoms with Crippen molar-refractivity contribution in [1.82, 2.24) is 10.2 Å². The Bertz CT molecular complexity index is 1400. The third-order valence-electron chi connectivity index (χ3n) is 5.97. The first kappa shape index (κ1) is 29.8. The van der Waals surface area contributed by atoms with Crippen LogP contribution in [0.1, 0.15) is 24.5 Å². The second kappa shape index (κ2) is 12.8. The van der Waals surface area contributed by atoms with Crippen molar-refractivity contribution in [2.45, 2.75) is 37.8 Å². The molecule has 0 saturated carbocycles. The minimum absolute atomic E-state index is 0.0182. The van der Waals surface area contributed by atoms with Gasteiger partial charge in [0, 0.05) is 18.6 Å². The average molecular weight is 597 g/mol. The lowest BCUT2D eigenvalue weighted by Gasteiger charge is -2.33. The molecule has 1 N–H and O–H groups in total. The third-order valence-corrected chi connectivity index (χ3v) is 8.75. The van der Waals surface area contributed by atoms with Crippen molar-refractivity contribution in [2.24, 2.45) is 0 Å². The topological polar surface area (TPSA) is 86.8 Å². The van der Waals surface area contributed by atoms with E-state index in [1.165, 1.54) is 36.2 Å². The number of carbonyl (C=O) groups excluding carboxylic acids is 2. The molecule has 7 nitrogen and oxygen atoms in total. The molecule has 0 heterocycles. The molecule has 0 aromatic heterocycles. The molecular weight excluding hydrogens is 569 g/mol. The fraction of sp³-hybridized carbons (Fsp3) is 0.259. The highest BCUT2D eigenvalue weighted by atomic mass is 35.5. The Balaban J connectivity index is 2.06. The Morgan fingerprint density at radius 1 is 0.921 bits per heavy atom. The normalized spacial score (nSPS) is 12.1. The summed E-state index contributed by atoms with van der Waals surface area (Å²) in [4.78, 5) is 27.9. The summed E-state index contributed by atoms with van der Waals surface area (Å²) in [5, 5.41) is 3.62. The van der Waals surface area contributed by atoms with Crippen molar-refractivity contribution < 1.29 is 18.0 Å². The van der Waals surface area contributed by atoms with E-state index in [0.29, 0.717) is 32.7 Å². The number of hydrogen-bond acceptors (Lipinski definition) is 4. The second-order valence-electron chi connectivity index (χ2n) is 8.61. The summed E-state index contributed by atoms with van der Waals surface area (Å²) < 4.78 is 28.6. The van der Waals surface area contributed by atoms with Crippen molar-refractivity contribution in [3.8, 4) is 0 Å². The number of likely N-dealkylation sites (N-methyl/N-ethyl adjacent to an activating group) is 1. The van der Waals surface area contributed by atoms with E-state index in [1.54, 1.807) is 49.4 Å². The lowest BCUT2D eigenvalue weighted by molar-refractivity contribution is -0.140. The average Bonchev–Trinajstić information content (AvgIpc) is 2.89. The molecule has 0 radical (unpaired) electrons. The Morgan fingerprint density at radius 3 is 2.11 bits per heavy atom. The number of hydrogen-bond donors (Lipinski definition) is 1. The van der Waals surface area contributed by atoms with E-state index < -0.39 is 28.5 Å². The van der Waals surface area contributed by atoms with E-state index in [1.807, 2.05) is 6.92 Å². The lowest BCUT2D eigenvalue weighted by Crippen LogP contribution is -2.51. The molecule has 0 aliphatic heterocycles. The largest absolute Gasteiger partial charge is 0.357 e. The van der Waals surface area contributed by atoms with Gasteiger partial charge in [0.25, 0.3) is 10.0 Å². The first-order valence-corrected chi connectivity index (χ1v) is 14.3. The van der Waals surface area contributed by atoms with Gasteiger partial charge in [-0.25, -0.2) is 8.42 Å². The highest BCUT2D eigenvalue weighted by molar-refractivity contribution is 7.92. The summed E-state index contributed by atoms with van der Waals surface area (Å²) in [7, 11) is -2.69. The van der Waals surface area contributed by atoms with Crippen LogP contribution in [0.4, 0.5) is 5.69 Å². The molecular formula is C27H28Cl3N3O4S. The number of benzene rings is 3. The number of anilines is 1. The molecule has 38 heavy (non-hydrogen) atoms. The van der Waals surface area contributed by atoms with Gasteiger partial charge in [-0.05, 0) is 67.4 Å². The first-order valence-electron chi connectivity index (χ1n) is 11.8. The van der Waals surface area contributed by atoms with Crippen molar-refractivity contribution in [3.63, 3.8) is 0 Å². The maximum atomic E-state index is 13.9. The molecule has 0 saturated heterocycles. The summed E-state index contributed by atoms with van der Waals surface area (Å²) in [6, 6.07) is 16.6. The number of rotatable bonds is 10. The second-order valence-corrected chi connectivity index (χ2v) is 11.7. The highest BCUT2D eigenvalue weighted by Gasteiger charge is 2.33. The van der Waals surface area contributed by atoms with Crippen LogP contribution >= 0.6 is 34.8 Å². The van der Waals surface area contributed by atoms with Crippen LogP contribution in [0.2, 0.25) is 15.1 Å². The summed E-state index contributed by atoms with van der Waals surface area (Å²) in [5.41, 5.74) is 1.87. The standard InChI is InChI=1S/C27H28Cl3N3O4S/c1-4-25(27(35)31-3)32(16-19-7-14-23(29)24(30)15-19)26(34)17-33(21-10-5-18(2)6-11-21)38(36,37)22-12-8-20(28)9-13-22/h5-15,25H,4,16-17H2,1-3H3,(H,31,35)/t25-/m1/s1. The van der Waals surface area contributed by atoms with Gasteiger partial charge in [0.15, 0.2) is 0 Å². The van der Waals surface area contributed by atoms with Gasteiger partial charge in [-0.1, -0.05) is 65.5 Å². The smallest absolute Gasteiger partial charge is 0.264 e. The number of nitrogens with one attached hydrogen (secondary N) is 1. The van der Waals surface area contributed by atoms with Crippen LogP contribution in [0.3, 0.4) is 0 Å². The quantitative estimate of drug-likeness (QED) is 0.325. The van der Waals surface area contributed by atoms with Gasteiger partial charge >= 0.3 is 0 Å². The van der Waals surface area contributed by atoms with Crippen molar-refractivity contribution in [3.05, 3.63) is 92.9 Å². The fourth-order valence-electron chi connectivity index (χ4n) is 3.89. The van der Waals surface area contributed by atoms with Crippen LogP contribution in [0.5, 0.6) is 0 Å². The van der Waals surface area contributed by atoms with Crippen molar-refractivity contribution >= 4 is 62.3 Å². The molecule has 3 rings (SSSR count). The number of amides is 2. The Morgan fingerprint density at radius 2 is 1.55 bits per heavy atom. The van der Waals surface area contributed by atoms with Crippen molar-refractivity contribution in [2.75, 3.05) is 17.9 Å². The minimum atomic E-state index is -4.17. The predicted molar refractivity (Wildman–Crippen MR) is 152 cm³/mol. The zero-order chi connectivity index (χ0) is 28.0. The summed E-state index contributed by atoms with van der Waals surface area (Å²) in [6.45, 7) is 3.13. The van der Waals surface area contributed by atoms with E-state index in [4.69, 9.17) is 34.8 Å². The Hall–Kier alpha value is -2.78. The molecule has 11 heteroatoms. The number of halogens is 3. The summed E-state index contributed by atoms with van der Waals surface area (Å²) in [5.74, 6) is -0.937. The van der Waals surface area contributed by atoms with Crippen LogP contribution in [-0.4, -0.2) is 44.8 Å². The SMILES string of the molecule is CC[C@H](C(=O)NC)N(Cc1ccc(Cl)c(Cl)c1)C(=O)CN(c1ccc(C)cc1)S(=O)(=O)c1ccc(Cl)cc1. The lowest BCUT2D eigenvalue weighted by atomic mass is 10.1. The predicted octanol–water partition coefficient (Wildman–Crippen LogP) is 5.70. The van der Waals surface area contributed by atoms with Gasteiger partial charge in [0.1, 0.15) is 12.6 Å². The van der Waals surface area contributed by atoms with E-state index in [2.05, 4.69) is 5.32 Å². The maximum absolute atomic E-state index is 13.9. The van der Waals surface area contributed by atoms with Crippen LogP contribution in [0, 0.1) is 6.92 Å². The summed E-state index contributed by atoms with van der Waals surface area (Å²) in [6.07, 6.45) is 0.307. The zero-order valence-corrected chi connectivity index (χ0v) is 24.2. The van der Waals surface area contributed by atoms with Crippen LogP contribution in [0.25, 0.3) is 0 Å². The van der Waals surface area contributed by atoms with Crippen LogP contribution < -0.4 is 9.62 Å². The Labute approximate surface area is 238 Å². The fourth-order valence-corrected chi connectivity index (χ4v) is 5.76. The molecule has 0 bridgehead atoms. The van der Waals surface area contributed by atoms with Crippen molar-refractivity contribution in [1.29, 1.82) is 0 Å². The molecule has 202 valence electrons. The molecule has 3 aromatic rings. The number of carbonyl (C=O) groups is 2. The Kier molecular flexibility index (Phi) is 10.1. The van der Waals surface area contributed by atoms with E-state index in [0.717, 1.165) is 9.87 Å². The molecule has 0 fully saturated rings. The maximum Gasteiger partial charge on any atom is 0.264 e. The molecule has 0 spiro atoms. The molecule has 1 atom stereocenters. The zero-order valence-electron chi connectivity index (χ0n) is 21.1. The van der Waals surface area contributed by atoms with Gasteiger partial charge in [-0.2, -0.15) is 0 Å². The summed E-state index contributed by atoms with van der Waals surface area (Å²) >= 11 is 18.2. The van der Waals surface area contributed by atoms with Gasteiger partial charge in [0.2, 0.25) is 11.8 Å². The van der Waals surface area contributed by atoms with Gasteiger partial charge in [-0.15, -0.1) is 0 Å². The van der Waals surface area contributed by atoms with E-state index >= 15 is 0 Å². The monoisotopic (exact) mass is 595 g/mol. The molecule has 0 unspecified atom stereocenters. The van der Waals surface area contributed by atoms with Crippen LogP contribution in [0.15, 0.2) is 71.6 Å². The third kappa shape index (κ3) is 6.99. The minimum Gasteiger partial charge on any atom is -0.357 e. The first-order chi connectivity index (χ1) is 18.0. The van der Waals surface area contributed by atoms with Gasteiger partial charge in [-0.3, -0.25) is 13.9 Å². The van der Waals surface area contributed by atoms with Gasteiger partial charge in [0.05, 0.1) is 20.6 Å². The van der Waals surface area contributed by atoms with Crippen LogP contribution in [-0.2, 0) is 26.2 Å². The number of sulfonamides is 1.